The summed E-state index contributed by atoms with van der Waals surface area (Å²) < 4.78 is 22.7. The Kier molecular flexibility index (Phi) is 12.7. The minimum atomic E-state index is -2.03. The molecule has 7 heteroatoms. The van der Waals surface area contributed by atoms with Crippen LogP contribution in [0.3, 0.4) is 0 Å². The summed E-state index contributed by atoms with van der Waals surface area (Å²) in [4.78, 5) is 38.3. The van der Waals surface area contributed by atoms with Crippen LogP contribution in [0.15, 0.2) is 48.1 Å². The molecule has 0 saturated heterocycles. The molecule has 0 radical (unpaired) electrons. The van der Waals surface area contributed by atoms with E-state index in [1.54, 1.807) is 26.8 Å². The van der Waals surface area contributed by atoms with Gasteiger partial charge in [-0.25, -0.2) is 4.39 Å². The second-order valence-corrected chi connectivity index (χ2v) is 15.2. The normalized spacial score (nSPS) is 36.3. The lowest BCUT2D eigenvalue weighted by atomic mass is 9.44. The van der Waals surface area contributed by atoms with Gasteiger partial charge in [-0.05, 0) is 95.1 Å². The van der Waals surface area contributed by atoms with Crippen LogP contribution in [-0.4, -0.2) is 51.7 Å². The van der Waals surface area contributed by atoms with Crippen LogP contribution in [-0.2, 0) is 19.1 Å². The number of ether oxygens (including phenoxy) is 1. The zero-order valence-corrected chi connectivity index (χ0v) is 29.3. The fraction of sp³-hybridized carbons (Fsp3) is 0.725. The number of esters is 1. The molecule has 3 saturated carbocycles. The first-order valence-corrected chi connectivity index (χ1v) is 18.4. The molecule has 6 nitrogen and oxygen atoms in total. The minimum Gasteiger partial charge on any atom is -0.458 e. The van der Waals surface area contributed by atoms with Gasteiger partial charge in [-0.2, -0.15) is 0 Å². The molecule has 3 fully saturated rings. The first-order chi connectivity index (χ1) is 22.4. The van der Waals surface area contributed by atoms with Crippen LogP contribution in [0.4, 0.5) is 4.39 Å². The molecule has 2 N–H and O–H groups in total. The molecule has 0 bridgehead atoms. The molecule has 8 unspecified atom stereocenters. The second kappa shape index (κ2) is 15.9. The summed E-state index contributed by atoms with van der Waals surface area (Å²) in [6, 6.07) is 0. The lowest BCUT2D eigenvalue weighted by Gasteiger charge is -2.62. The van der Waals surface area contributed by atoms with Crippen LogP contribution < -0.4 is 0 Å². The number of hydrogen-bond donors (Lipinski definition) is 2. The average Bonchev–Trinajstić information content (AvgIpc) is 3.24. The number of alkyl halides is 1. The maximum Gasteiger partial charge on any atom is 0.306 e. The van der Waals surface area contributed by atoms with E-state index in [1.807, 2.05) is 0 Å². The van der Waals surface area contributed by atoms with Crippen molar-refractivity contribution in [3.8, 4) is 0 Å². The van der Waals surface area contributed by atoms with Crippen LogP contribution in [0.2, 0.25) is 0 Å². The van der Waals surface area contributed by atoms with E-state index in [0.29, 0.717) is 31.3 Å². The van der Waals surface area contributed by atoms with Gasteiger partial charge in [0.05, 0.1) is 6.10 Å². The van der Waals surface area contributed by atoms with E-state index in [1.165, 1.54) is 37.8 Å². The molecular weight excluding hydrogens is 595 g/mol. The van der Waals surface area contributed by atoms with Crippen molar-refractivity contribution in [1.82, 2.24) is 0 Å². The maximum atomic E-state index is 17.3. The zero-order valence-electron chi connectivity index (χ0n) is 29.3. The topological polar surface area (TPSA) is 101 Å². The van der Waals surface area contributed by atoms with Crippen molar-refractivity contribution in [1.29, 1.82) is 0 Å². The number of hydrogen-bond acceptors (Lipinski definition) is 6. The van der Waals surface area contributed by atoms with Gasteiger partial charge >= 0.3 is 5.97 Å². The van der Waals surface area contributed by atoms with Gasteiger partial charge in [0.15, 0.2) is 18.1 Å². The summed E-state index contributed by atoms with van der Waals surface area (Å²) in [5, 5.41) is 23.6. The van der Waals surface area contributed by atoms with Crippen LogP contribution in [0, 0.1) is 28.6 Å². The smallest absolute Gasteiger partial charge is 0.306 e. The molecule has 4 rings (SSSR count). The number of allylic oxidation sites excluding steroid dienone is 8. The first kappa shape index (κ1) is 37.4. The first-order valence-electron chi connectivity index (χ1n) is 18.4. The number of carbonyl (C=O) groups is 3. The Morgan fingerprint density at radius 3 is 2.36 bits per heavy atom. The van der Waals surface area contributed by atoms with Crippen molar-refractivity contribution >= 4 is 17.5 Å². The fourth-order valence-electron chi connectivity index (χ4n) is 9.55. The van der Waals surface area contributed by atoms with Crippen molar-refractivity contribution in [3.05, 3.63) is 48.1 Å². The highest BCUT2D eigenvalue weighted by molar-refractivity contribution is 6.01. The van der Waals surface area contributed by atoms with E-state index in [4.69, 9.17) is 4.74 Å². The molecule has 4 aliphatic carbocycles. The Morgan fingerprint density at radius 2 is 1.66 bits per heavy atom. The summed E-state index contributed by atoms with van der Waals surface area (Å²) in [6.45, 7) is 7.03. The zero-order chi connectivity index (χ0) is 34.3. The number of aliphatic hydroxyl groups excluding tert-OH is 1. The molecule has 0 aliphatic heterocycles. The Hall–Kier alpha value is -2.38. The third kappa shape index (κ3) is 7.32. The number of Topliss-reactive ketones (excluding diaryl/α,β-unsaturated/α-hetero) is 1. The van der Waals surface area contributed by atoms with E-state index in [0.717, 1.165) is 38.5 Å². The van der Waals surface area contributed by atoms with E-state index >= 15 is 4.39 Å². The predicted molar refractivity (Wildman–Crippen MR) is 183 cm³/mol. The number of fused-ring (bicyclic) bond motifs is 5. The lowest BCUT2D eigenvalue weighted by Crippen LogP contribution is -2.69. The van der Waals surface area contributed by atoms with E-state index in [2.05, 4.69) is 31.2 Å². The summed E-state index contributed by atoms with van der Waals surface area (Å²) >= 11 is 0. The second-order valence-electron chi connectivity index (χ2n) is 15.2. The molecule has 4 aliphatic rings. The third-order valence-electron chi connectivity index (χ3n) is 12.3. The monoisotopic (exact) mass is 654 g/mol. The Labute approximate surface area is 282 Å². The molecule has 0 aromatic heterocycles. The number of aliphatic hydroxyl groups is 2. The standard InChI is InChI=1S/C40H59FO6/c1-5-6-7-8-9-10-11-12-13-14-15-16-17-18-19-20-36(45)47-28-35(44)40(46)29(2)25-33-32-22-21-30-26-31(42)23-24-37(30,3)39(32,41)34(43)27-38(33,40)4/h9-10,12-13,23-24,26,29,32-34,43,46H,5-8,11,14-22,25,27-28H2,1-4H3. The van der Waals surface area contributed by atoms with Crippen molar-refractivity contribution < 1.29 is 33.7 Å². The van der Waals surface area contributed by atoms with E-state index in [-0.39, 0.29) is 24.5 Å². The Balaban J connectivity index is 1.21. The number of ketones is 2. The predicted octanol–water partition coefficient (Wildman–Crippen LogP) is 8.26. The Morgan fingerprint density at radius 1 is 1.00 bits per heavy atom. The summed E-state index contributed by atoms with van der Waals surface area (Å²) in [5.74, 6) is -2.64. The fourth-order valence-corrected chi connectivity index (χ4v) is 9.55. The molecule has 0 spiro atoms. The third-order valence-corrected chi connectivity index (χ3v) is 12.3. The average molecular weight is 655 g/mol. The molecule has 0 heterocycles. The van der Waals surface area contributed by atoms with Crippen molar-refractivity contribution in [2.75, 3.05) is 6.61 Å². The van der Waals surface area contributed by atoms with Crippen LogP contribution in [0.1, 0.15) is 130 Å². The summed E-state index contributed by atoms with van der Waals surface area (Å²) in [7, 11) is 0. The van der Waals surface area contributed by atoms with Gasteiger partial charge in [-0.1, -0.05) is 88.8 Å². The molecule has 8 atom stereocenters. The minimum absolute atomic E-state index is 0.0954. The van der Waals surface area contributed by atoms with Crippen molar-refractivity contribution in [2.45, 2.75) is 148 Å². The maximum absolute atomic E-state index is 17.3. The molecule has 0 aromatic carbocycles. The summed E-state index contributed by atoms with van der Waals surface area (Å²) in [6.07, 6.45) is 25.5. The van der Waals surface area contributed by atoms with Gasteiger partial charge in [0.2, 0.25) is 5.78 Å². The number of rotatable bonds is 17. The van der Waals surface area contributed by atoms with Crippen molar-refractivity contribution in [2.24, 2.45) is 28.6 Å². The highest BCUT2D eigenvalue weighted by atomic mass is 19.1. The molecule has 47 heavy (non-hydrogen) atoms. The molecule has 0 amide bonds. The van der Waals surface area contributed by atoms with Crippen LogP contribution in [0.5, 0.6) is 0 Å². The van der Waals surface area contributed by atoms with E-state index < -0.39 is 58.4 Å². The quantitative estimate of drug-likeness (QED) is 0.0931. The van der Waals surface area contributed by atoms with Crippen molar-refractivity contribution in [3.63, 3.8) is 0 Å². The van der Waals surface area contributed by atoms with E-state index in [9.17, 15) is 24.6 Å². The SMILES string of the molecule is CCCCCC=CCC=CCCCCCCCC(=O)OCC(=O)C1(O)C(C)CC2C3CCC4=CC(=O)C=CC4(C)C3(F)C(O)CC21C. The van der Waals surface area contributed by atoms with Crippen LogP contribution in [0.25, 0.3) is 0 Å². The van der Waals surface area contributed by atoms with Gasteiger partial charge in [0.1, 0.15) is 5.60 Å². The molecule has 0 aromatic rings. The molecular formula is C40H59FO6. The van der Waals surface area contributed by atoms with Crippen LogP contribution >= 0.6 is 0 Å². The number of carbonyl (C=O) groups excluding carboxylic acids is 3. The van der Waals surface area contributed by atoms with Gasteiger partial charge in [-0.3, -0.25) is 14.4 Å². The Bertz CT molecular complexity index is 1250. The number of halogens is 1. The van der Waals surface area contributed by atoms with Gasteiger partial charge in [0, 0.05) is 23.2 Å². The van der Waals surface area contributed by atoms with Gasteiger partial charge in [-0.15, -0.1) is 0 Å². The highest BCUT2D eigenvalue weighted by Crippen LogP contribution is 2.70. The number of unbranched alkanes of at least 4 members (excludes halogenated alkanes) is 8. The molecule has 262 valence electrons. The summed E-state index contributed by atoms with van der Waals surface area (Å²) in [5.41, 5.74) is -5.40. The highest BCUT2D eigenvalue weighted by Gasteiger charge is 2.75. The van der Waals surface area contributed by atoms with Gasteiger partial charge < -0.3 is 14.9 Å². The van der Waals surface area contributed by atoms with Gasteiger partial charge in [0.25, 0.3) is 0 Å². The largest absolute Gasteiger partial charge is 0.458 e. The lowest BCUT2D eigenvalue weighted by molar-refractivity contribution is -0.220.